The van der Waals surface area contributed by atoms with E-state index in [0.717, 1.165) is 0 Å². The van der Waals surface area contributed by atoms with Crippen molar-refractivity contribution in [1.29, 1.82) is 0 Å². The molecular formula is C9H13N3O5. The number of Topliss-reactive ketones (excluding diaryl/α,β-unsaturated/α-hetero) is 1. The van der Waals surface area contributed by atoms with E-state index in [2.05, 4.69) is 10.1 Å². The smallest absolute Gasteiger partial charge is 0.326 e. The number of hydrogen-bond acceptors (Lipinski definition) is 4. The maximum absolute atomic E-state index is 11.1. The van der Waals surface area contributed by atoms with Gasteiger partial charge in [0.2, 0.25) is 11.7 Å². The van der Waals surface area contributed by atoms with Gasteiger partial charge in [-0.05, 0) is 13.3 Å². The van der Waals surface area contributed by atoms with Gasteiger partial charge in [-0.15, -0.1) is 0 Å². The second kappa shape index (κ2) is 7.26. The summed E-state index contributed by atoms with van der Waals surface area (Å²) in [6.07, 6.45) is -1.03. The van der Waals surface area contributed by atoms with E-state index in [1.54, 1.807) is 0 Å². The minimum absolute atomic E-state index is 0.154. The van der Waals surface area contributed by atoms with Gasteiger partial charge in [0.15, 0.2) is 0 Å². The van der Waals surface area contributed by atoms with E-state index in [1.165, 1.54) is 6.92 Å². The van der Waals surface area contributed by atoms with Crippen molar-refractivity contribution in [3.05, 3.63) is 5.53 Å². The fourth-order valence-corrected chi connectivity index (χ4v) is 0.965. The first kappa shape index (κ1) is 14.9. The zero-order valence-electron chi connectivity index (χ0n) is 9.16. The van der Waals surface area contributed by atoms with Gasteiger partial charge < -0.3 is 21.1 Å². The largest absolute Gasteiger partial charge is 0.480 e. The molecule has 0 aromatic carbocycles. The normalized spacial score (nSPS) is 13.1. The Morgan fingerprint density at radius 1 is 1.47 bits per heavy atom. The van der Waals surface area contributed by atoms with E-state index in [1.807, 2.05) is 0 Å². The standard InChI is InChI=1S/C9H13N3O5/c1-5(13)8(15)12-7(9(16)17)3-2-6(14)4-11-10/h4-5,7,13H,2-3H2,1H3,(H,12,15)(H,16,17)/t5-,7-/m0/s1. The quantitative estimate of drug-likeness (QED) is 0.286. The fraction of sp³-hybridized carbons (Fsp3) is 0.556. The molecule has 0 aliphatic heterocycles. The lowest BCUT2D eigenvalue weighted by Gasteiger charge is -2.14. The number of carbonyl (C=O) groups excluding carboxylic acids is 2. The summed E-state index contributed by atoms with van der Waals surface area (Å²) < 4.78 is 0. The van der Waals surface area contributed by atoms with E-state index in [9.17, 15) is 14.4 Å². The van der Waals surface area contributed by atoms with Gasteiger partial charge in [-0.3, -0.25) is 9.59 Å². The number of carboxylic acid groups (broad SMARTS) is 1. The van der Waals surface area contributed by atoms with Crippen LogP contribution in [0.5, 0.6) is 0 Å². The van der Waals surface area contributed by atoms with Gasteiger partial charge in [-0.1, -0.05) is 0 Å². The van der Waals surface area contributed by atoms with Crippen LogP contribution in [-0.2, 0) is 14.4 Å². The van der Waals surface area contributed by atoms with Gasteiger partial charge in [0, 0.05) is 6.42 Å². The number of nitrogens with one attached hydrogen (secondary N) is 1. The number of nitrogens with zero attached hydrogens (tertiary/aromatic N) is 2. The molecule has 0 aromatic heterocycles. The second-order valence-corrected chi connectivity index (χ2v) is 3.32. The van der Waals surface area contributed by atoms with Crippen LogP contribution in [0.2, 0.25) is 0 Å². The maximum atomic E-state index is 11.1. The van der Waals surface area contributed by atoms with Crippen LogP contribution in [0, 0.1) is 0 Å². The molecule has 0 unspecified atom stereocenters. The molecule has 8 heteroatoms. The minimum atomic E-state index is -1.33. The predicted molar refractivity (Wildman–Crippen MR) is 55.2 cm³/mol. The van der Waals surface area contributed by atoms with Crippen molar-refractivity contribution in [2.75, 3.05) is 0 Å². The molecule has 8 nitrogen and oxygen atoms in total. The molecule has 1 amide bonds. The Bertz CT molecular complexity index is 360. The summed E-state index contributed by atoms with van der Waals surface area (Å²) >= 11 is 0. The van der Waals surface area contributed by atoms with Crippen molar-refractivity contribution < 1.29 is 29.4 Å². The highest BCUT2D eigenvalue weighted by Gasteiger charge is 2.22. The third-order valence-electron chi connectivity index (χ3n) is 1.88. The second-order valence-electron chi connectivity index (χ2n) is 3.32. The summed E-state index contributed by atoms with van der Waals surface area (Å²) in [6.45, 7) is 1.19. The van der Waals surface area contributed by atoms with Gasteiger partial charge in [0.1, 0.15) is 12.1 Å². The van der Waals surface area contributed by atoms with Crippen molar-refractivity contribution in [3.63, 3.8) is 0 Å². The van der Waals surface area contributed by atoms with Gasteiger partial charge in [-0.25, -0.2) is 4.79 Å². The third kappa shape index (κ3) is 6.18. The first-order valence-corrected chi connectivity index (χ1v) is 4.80. The van der Waals surface area contributed by atoms with E-state index < -0.39 is 29.8 Å². The highest BCUT2D eigenvalue weighted by molar-refractivity contribution is 6.25. The van der Waals surface area contributed by atoms with E-state index in [-0.39, 0.29) is 12.8 Å². The van der Waals surface area contributed by atoms with Gasteiger partial charge in [0.25, 0.3) is 0 Å². The number of ketones is 1. The van der Waals surface area contributed by atoms with Crippen molar-refractivity contribution in [3.8, 4) is 0 Å². The molecule has 3 N–H and O–H groups in total. The number of hydrogen-bond donors (Lipinski definition) is 3. The lowest BCUT2D eigenvalue weighted by atomic mass is 10.1. The average molecular weight is 243 g/mol. The number of rotatable bonds is 7. The molecule has 0 aliphatic rings. The molecular weight excluding hydrogens is 230 g/mol. The van der Waals surface area contributed by atoms with Crippen molar-refractivity contribution >= 4 is 23.9 Å². The van der Waals surface area contributed by atoms with Gasteiger partial charge in [-0.2, -0.15) is 4.79 Å². The summed E-state index contributed by atoms with van der Waals surface area (Å²) in [5, 5.41) is 19.7. The number of carbonyl (C=O) groups is 3. The Hall–Kier alpha value is -2.05. The molecule has 0 rings (SSSR count). The molecule has 94 valence electrons. The fourth-order valence-electron chi connectivity index (χ4n) is 0.965. The molecule has 0 saturated carbocycles. The van der Waals surface area contributed by atoms with Crippen LogP contribution in [0.15, 0.2) is 0 Å². The molecule has 0 bridgehead atoms. The average Bonchev–Trinajstić information content (AvgIpc) is 2.23. The van der Waals surface area contributed by atoms with Gasteiger partial charge >= 0.3 is 12.2 Å². The molecule has 0 fully saturated rings. The molecule has 0 aliphatic carbocycles. The Morgan fingerprint density at radius 2 is 2.06 bits per heavy atom. The van der Waals surface area contributed by atoms with E-state index >= 15 is 0 Å². The molecule has 0 heterocycles. The summed E-state index contributed by atoms with van der Waals surface area (Å²) in [5.41, 5.74) is 8.06. The molecule has 0 spiro atoms. The number of amides is 1. The number of carboxylic acids is 1. The lowest BCUT2D eigenvalue weighted by molar-refractivity contribution is -0.143. The molecule has 17 heavy (non-hydrogen) atoms. The first-order valence-electron chi connectivity index (χ1n) is 4.80. The Morgan fingerprint density at radius 3 is 2.47 bits per heavy atom. The van der Waals surface area contributed by atoms with Gasteiger partial charge in [0.05, 0.1) is 0 Å². The Balaban J connectivity index is 4.35. The lowest BCUT2D eigenvalue weighted by Crippen LogP contribution is -2.44. The summed E-state index contributed by atoms with van der Waals surface area (Å²) in [6, 6.07) is -1.27. The highest BCUT2D eigenvalue weighted by Crippen LogP contribution is 1.99. The van der Waals surface area contributed by atoms with E-state index in [0.29, 0.717) is 6.21 Å². The monoisotopic (exact) mass is 243 g/mol. The van der Waals surface area contributed by atoms with Crippen LogP contribution in [0.1, 0.15) is 19.8 Å². The maximum Gasteiger partial charge on any atom is 0.326 e. The molecule has 2 atom stereocenters. The third-order valence-corrected chi connectivity index (χ3v) is 1.88. The zero-order chi connectivity index (χ0) is 13.4. The SMILES string of the molecule is C[C@H](O)C(=O)N[C@@H](CCC(=O)C=[N+]=[N-])C(=O)O. The predicted octanol–water partition coefficient (Wildman–Crippen LogP) is -1.41. The minimum Gasteiger partial charge on any atom is -0.480 e. The summed E-state index contributed by atoms with van der Waals surface area (Å²) in [7, 11) is 0. The molecule has 0 radical (unpaired) electrons. The van der Waals surface area contributed by atoms with Crippen LogP contribution in [0.3, 0.4) is 0 Å². The number of aliphatic hydroxyl groups is 1. The summed E-state index contributed by atoms with van der Waals surface area (Å²) in [4.78, 5) is 35.2. The molecule has 0 saturated heterocycles. The first-order chi connectivity index (χ1) is 7.88. The van der Waals surface area contributed by atoms with Crippen LogP contribution < -0.4 is 5.32 Å². The van der Waals surface area contributed by atoms with Crippen LogP contribution >= 0.6 is 0 Å². The van der Waals surface area contributed by atoms with E-state index in [4.69, 9.17) is 15.7 Å². The summed E-state index contributed by atoms with van der Waals surface area (Å²) in [5.74, 6) is -2.71. The number of aliphatic carboxylic acids is 1. The Kier molecular flexibility index (Phi) is 6.39. The topological polar surface area (TPSA) is 140 Å². The van der Waals surface area contributed by atoms with Crippen molar-refractivity contribution in [2.24, 2.45) is 0 Å². The van der Waals surface area contributed by atoms with Crippen LogP contribution in [0.4, 0.5) is 0 Å². The zero-order valence-corrected chi connectivity index (χ0v) is 9.16. The van der Waals surface area contributed by atoms with Crippen molar-refractivity contribution in [1.82, 2.24) is 5.32 Å². The van der Waals surface area contributed by atoms with Crippen LogP contribution in [-0.4, -0.2) is 51.0 Å². The van der Waals surface area contributed by atoms with Crippen LogP contribution in [0.25, 0.3) is 5.53 Å². The molecule has 0 aromatic rings. The number of aliphatic hydroxyl groups excluding tert-OH is 1. The Labute approximate surface area is 96.9 Å². The highest BCUT2D eigenvalue weighted by atomic mass is 16.4. The van der Waals surface area contributed by atoms with Crippen molar-refractivity contribution in [2.45, 2.75) is 31.9 Å².